The highest BCUT2D eigenvalue weighted by atomic mass is 16.5. The van der Waals surface area contributed by atoms with E-state index in [0.717, 1.165) is 30.6 Å². The molecule has 2 heterocycles. The van der Waals surface area contributed by atoms with Crippen molar-refractivity contribution in [3.63, 3.8) is 0 Å². The van der Waals surface area contributed by atoms with E-state index in [1.165, 1.54) is 5.57 Å². The van der Waals surface area contributed by atoms with Crippen LogP contribution in [0.4, 0.5) is 0 Å². The molecule has 0 aromatic heterocycles. The van der Waals surface area contributed by atoms with Crippen LogP contribution in [0.3, 0.4) is 0 Å². The predicted molar refractivity (Wildman–Crippen MR) is 81.2 cm³/mol. The van der Waals surface area contributed by atoms with Crippen molar-refractivity contribution < 1.29 is 19.7 Å². The van der Waals surface area contributed by atoms with Crippen LogP contribution in [0.5, 0.6) is 11.5 Å². The lowest BCUT2D eigenvalue weighted by molar-refractivity contribution is -0.00163. The lowest BCUT2D eigenvalue weighted by Crippen LogP contribution is -2.49. The summed E-state index contributed by atoms with van der Waals surface area (Å²) in [5.41, 5.74) is 3.47. The topological polar surface area (TPSA) is 62.2 Å². The van der Waals surface area contributed by atoms with Crippen LogP contribution in [-0.2, 0) is 6.54 Å². The zero-order chi connectivity index (χ0) is 15.4. The summed E-state index contributed by atoms with van der Waals surface area (Å²) in [4.78, 5) is 2.39. The molecule has 4 rings (SSSR count). The number of aliphatic hydroxyl groups is 2. The number of rotatable bonds is 2. The number of aliphatic hydroxyl groups excluding tert-OH is 2. The van der Waals surface area contributed by atoms with E-state index in [-0.39, 0.29) is 12.0 Å². The highest BCUT2D eigenvalue weighted by Crippen LogP contribution is 2.48. The normalized spacial score (nSPS) is 33.0. The molecule has 0 bridgehead atoms. The molecular formula is C17H21NO4. The summed E-state index contributed by atoms with van der Waals surface area (Å²) in [6.45, 7) is 1.82. The van der Waals surface area contributed by atoms with Crippen LogP contribution < -0.4 is 9.47 Å². The summed E-state index contributed by atoms with van der Waals surface area (Å²) in [5, 5.41) is 20.8. The molecule has 5 nitrogen and oxygen atoms in total. The third kappa shape index (κ3) is 1.82. The summed E-state index contributed by atoms with van der Waals surface area (Å²) in [6, 6.07) is 4.16. The standard InChI is InChI=1S/C17H21NO4/c1-21-13-6-10-8-18-4-3-9-5-12(19)17(20)15(16(9)18)11(10)7-14(13)22-2/h5-7,12,15-17,19-20H,3-4,8H2,1-2H3/t12-,15+,16-,17-/m1/s1. The average molecular weight is 303 g/mol. The van der Waals surface area contributed by atoms with Crippen LogP contribution in [-0.4, -0.2) is 54.1 Å². The van der Waals surface area contributed by atoms with E-state index in [4.69, 9.17) is 9.47 Å². The smallest absolute Gasteiger partial charge is 0.161 e. The van der Waals surface area contributed by atoms with Gasteiger partial charge < -0.3 is 19.7 Å². The molecule has 0 spiro atoms. The van der Waals surface area contributed by atoms with E-state index < -0.39 is 12.2 Å². The predicted octanol–water partition coefficient (Wildman–Crippen LogP) is 1.04. The highest BCUT2D eigenvalue weighted by Gasteiger charge is 2.48. The van der Waals surface area contributed by atoms with Gasteiger partial charge in [-0.05, 0) is 29.7 Å². The first-order chi connectivity index (χ1) is 10.6. The summed E-state index contributed by atoms with van der Waals surface area (Å²) >= 11 is 0. The van der Waals surface area contributed by atoms with Crippen molar-refractivity contribution in [1.82, 2.24) is 4.90 Å². The third-order valence-corrected chi connectivity index (χ3v) is 5.28. The van der Waals surface area contributed by atoms with Crippen LogP contribution in [0.15, 0.2) is 23.8 Å². The van der Waals surface area contributed by atoms with Crippen molar-refractivity contribution >= 4 is 0 Å². The summed E-state index contributed by atoms with van der Waals surface area (Å²) in [6.07, 6.45) is 1.23. The Morgan fingerprint density at radius 3 is 2.59 bits per heavy atom. The van der Waals surface area contributed by atoms with Gasteiger partial charge in [0.15, 0.2) is 11.5 Å². The van der Waals surface area contributed by atoms with Crippen LogP contribution in [0.25, 0.3) is 0 Å². The molecule has 2 aliphatic heterocycles. The Balaban J connectivity index is 1.88. The molecule has 0 amide bonds. The Bertz CT molecular complexity index is 642. The van der Waals surface area contributed by atoms with E-state index in [2.05, 4.69) is 4.90 Å². The number of ether oxygens (including phenoxy) is 2. The first-order valence-electron chi connectivity index (χ1n) is 7.69. The monoisotopic (exact) mass is 303 g/mol. The minimum atomic E-state index is -0.796. The van der Waals surface area contributed by atoms with Gasteiger partial charge in [0.05, 0.1) is 26.4 Å². The number of hydrogen-bond donors (Lipinski definition) is 2. The van der Waals surface area contributed by atoms with Crippen molar-refractivity contribution in [3.05, 3.63) is 34.9 Å². The molecule has 1 aromatic rings. The van der Waals surface area contributed by atoms with E-state index >= 15 is 0 Å². The first-order valence-corrected chi connectivity index (χ1v) is 7.69. The second-order valence-corrected chi connectivity index (χ2v) is 6.32. The fraction of sp³-hybridized carbons (Fsp3) is 0.529. The molecule has 1 fully saturated rings. The Hall–Kier alpha value is -1.56. The number of hydrogen-bond acceptors (Lipinski definition) is 5. The van der Waals surface area contributed by atoms with Crippen molar-refractivity contribution in [1.29, 1.82) is 0 Å². The molecular weight excluding hydrogens is 282 g/mol. The minimum absolute atomic E-state index is 0.110. The third-order valence-electron chi connectivity index (χ3n) is 5.28. The highest BCUT2D eigenvalue weighted by molar-refractivity contribution is 5.52. The first kappa shape index (κ1) is 14.1. The van der Waals surface area contributed by atoms with Gasteiger partial charge in [-0.15, -0.1) is 0 Å². The molecule has 5 heteroatoms. The van der Waals surface area contributed by atoms with Crippen molar-refractivity contribution in [3.8, 4) is 11.5 Å². The number of nitrogens with zero attached hydrogens (tertiary/aromatic N) is 1. The molecule has 118 valence electrons. The van der Waals surface area contributed by atoms with Crippen LogP contribution >= 0.6 is 0 Å². The SMILES string of the molecule is COc1cc2c(cc1OC)[C@@H]1[C@H](O)[C@H](O)C=C3CCN(C2)[C@H]31. The summed E-state index contributed by atoms with van der Waals surface area (Å²) in [5.74, 6) is 1.27. The number of benzene rings is 1. The summed E-state index contributed by atoms with van der Waals surface area (Å²) < 4.78 is 10.8. The number of fused-ring (bicyclic) bond motifs is 2. The maximum atomic E-state index is 10.6. The van der Waals surface area contributed by atoms with Gasteiger partial charge in [-0.25, -0.2) is 0 Å². The maximum Gasteiger partial charge on any atom is 0.161 e. The van der Waals surface area contributed by atoms with Gasteiger partial charge >= 0.3 is 0 Å². The van der Waals surface area contributed by atoms with E-state index in [1.807, 2.05) is 18.2 Å². The number of methoxy groups -OCH3 is 2. The second kappa shape index (κ2) is 4.98. The van der Waals surface area contributed by atoms with Crippen molar-refractivity contribution in [2.24, 2.45) is 0 Å². The van der Waals surface area contributed by atoms with Crippen LogP contribution in [0.2, 0.25) is 0 Å². The molecule has 0 saturated carbocycles. The van der Waals surface area contributed by atoms with E-state index in [0.29, 0.717) is 11.5 Å². The van der Waals surface area contributed by atoms with Crippen LogP contribution in [0.1, 0.15) is 23.5 Å². The zero-order valence-electron chi connectivity index (χ0n) is 12.8. The zero-order valence-corrected chi connectivity index (χ0v) is 12.8. The Morgan fingerprint density at radius 1 is 1.14 bits per heavy atom. The quantitative estimate of drug-likeness (QED) is 0.799. The van der Waals surface area contributed by atoms with Crippen molar-refractivity contribution in [2.45, 2.75) is 37.1 Å². The van der Waals surface area contributed by atoms with Gasteiger partial charge in [-0.3, -0.25) is 4.90 Å². The Labute approximate surface area is 129 Å². The molecule has 2 N–H and O–H groups in total. The molecule has 3 aliphatic rings. The molecule has 1 aromatic carbocycles. The van der Waals surface area contributed by atoms with Crippen molar-refractivity contribution in [2.75, 3.05) is 20.8 Å². The van der Waals surface area contributed by atoms with Gasteiger partial charge in [0.25, 0.3) is 0 Å². The molecule has 1 aliphatic carbocycles. The Kier molecular flexibility index (Phi) is 3.18. The Morgan fingerprint density at radius 2 is 1.86 bits per heavy atom. The molecule has 1 saturated heterocycles. The lowest BCUT2D eigenvalue weighted by atomic mass is 9.73. The molecule has 4 atom stereocenters. The minimum Gasteiger partial charge on any atom is -0.493 e. The fourth-order valence-electron chi connectivity index (χ4n) is 4.29. The van der Waals surface area contributed by atoms with Gasteiger partial charge in [0.2, 0.25) is 0 Å². The fourth-order valence-corrected chi connectivity index (χ4v) is 4.29. The molecule has 0 radical (unpaired) electrons. The second-order valence-electron chi connectivity index (χ2n) is 6.32. The largest absolute Gasteiger partial charge is 0.493 e. The average Bonchev–Trinajstić information content (AvgIpc) is 2.92. The van der Waals surface area contributed by atoms with Gasteiger partial charge in [-0.1, -0.05) is 11.6 Å². The van der Waals surface area contributed by atoms with Gasteiger partial charge in [0, 0.05) is 25.0 Å². The molecule has 0 unspecified atom stereocenters. The van der Waals surface area contributed by atoms with Gasteiger partial charge in [0.1, 0.15) is 0 Å². The summed E-state index contributed by atoms with van der Waals surface area (Å²) in [7, 11) is 3.25. The van der Waals surface area contributed by atoms with Crippen LogP contribution in [0, 0.1) is 0 Å². The van der Waals surface area contributed by atoms with E-state index in [9.17, 15) is 10.2 Å². The van der Waals surface area contributed by atoms with Gasteiger partial charge in [-0.2, -0.15) is 0 Å². The molecule has 22 heavy (non-hydrogen) atoms. The maximum absolute atomic E-state index is 10.6. The van der Waals surface area contributed by atoms with E-state index in [1.54, 1.807) is 14.2 Å². The lowest BCUT2D eigenvalue weighted by Gasteiger charge is -2.44.